The Bertz CT molecular complexity index is 1370. The maximum absolute atomic E-state index is 14.4. The lowest BCUT2D eigenvalue weighted by molar-refractivity contribution is -0.143. The van der Waals surface area contributed by atoms with Crippen molar-refractivity contribution in [3.05, 3.63) is 64.5 Å². The Morgan fingerprint density at radius 2 is 1.90 bits per heavy atom. The number of hydrogen-bond donors (Lipinski definition) is 2. The third-order valence-electron chi connectivity index (χ3n) is 8.73. The van der Waals surface area contributed by atoms with E-state index < -0.39 is 6.43 Å². The molecule has 6 rings (SSSR count). The topological polar surface area (TPSA) is 76.7 Å². The number of urea groups is 1. The van der Waals surface area contributed by atoms with E-state index in [9.17, 15) is 13.6 Å². The van der Waals surface area contributed by atoms with E-state index in [4.69, 9.17) is 4.84 Å². The van der Waals surface area contributed by atoms with Gasteiger partial charge in [0.25, 0.3) is 6.43 Å². The summed E-state index contributed by atoms with van der Waals surface area (Å²) in [6, 6.07) is 8.08. The van der Waals surface area contributed by atoms with Crippen LogP contribution >= 0.6 is 0 Å². The van der Waals surface area contributed by atoms with Gasteiger partial charge in [0.2, 0.25) is 0 Å². The van der Waals surface area contributed by atoms with Gasteiger partial charge < -0.3 is 20.0 Å². The van der Waals surface area contributed by atoms with Crippen molar-refractivity contribution in [3.8, 4) is 11.1 Å². The number of aryl methyl sites for hydroxylation is 1. The Labute approximate surface area is 233 Å². The fourth-order valence-electron chi connectivity index (χ4n) is 6.58. The van der Waals surface area contributed by atoms with Gasteiger partial charge in [0, 0.05) is 68.5 Å². The molecule has 0 atom stereocenters. The van der Waals surface area contributed by atoms with Crippen LogP contribution in [0.15, 0.2) is 36.7 Å². The average Bonchev–Trinajstić information content (AvgIpc) is 3.54. The molecule has 1 saturated heterocycles. The maximum atomic E-state index is 14.4. The SMILES string of the molecule is CNC(=O)N1CCc2cc(C3CCN(OC)CC3)cc(N3CCCc4cc(-c5cn[nH]c5)c(C(F)F)cc43)c2C1. The molecule has 4 heterocycles. The molecule has 2 N–H and O–H groups in total. The number of rotatable bonds is 5. The highest BCUT2D eigenvalue weighted by molar-refractivity contribution is 5.79. The Kier molecular flexibility index (Phi) is 7.46. The van der Waals surface area contributed by atoms with Gasteiger partial charge in [-0.2, -0.15) is 10.2 Å². The summed E-state index contributed by atoms with van der Waals surface area (Å²) in [4.78, 5) is 22.1. The van der Waals surface area contributed by atoms with E-state index in [2.05, 4.69) is 32.5 Å². The van der Waals surface area contributed by atoms with E-state index in [-0.39, 0.29) is 11.6 Å². The summed E-state index contributed by atoms with van der Waals surface area (Å²) in [6.07, 6.45) is 5.13. The molecule has 1 fully saturated rings. The number of hydroxylamine groups is 2. The number of nitrogens with one attached hydrogen (secondary N) is 2. The molecule has 0 aliphatic carbocycles. The summed E-state index contributed by atoms with van der Waals surface area (Å²) in [6.45, 7) is 3.63. The molecule has 2 amide bonds. The standard InChI is InChI=1S/C30H36F2N6O2/c1-33-30(39)36-9-5-20-12-22(19-6-10-37(40-2)11-7-19)14-28(26(20)18-36)38-8-3-4-21-13-24(23-16-34-35-17-23)25(29(31)32)15-27(21)38/h12-17,19,29H,3-11,18H2,1-2H3,(H,33,39)(H,34,35). The predicted octanol–water partition coefficient (Wildman–Crippen LogP) is 5.54. The number of anilines is 2. The van der Waals surface area contributed by atoms with Crippen LogP contribution < -0.4 is 10.2 Å². The Hall–Kier alpha value is -3.50. The van der Waals surface area contributed by atoms with Crippen LogP contribution in [0, 0.1) is 0 Å². The molecule has 3 aliphatic heterocycles. The lowest BCUT2D eigenvalue weighted by Gasteiger charge is -2.38. The molecule has 0 spiro atoms. The molecular formula is C30H36F2N6O2. The highest BCUT2D eigenvalue weighted by Crippen LogP contribution is 2.44. The predicted molar refractivity (Wildman–Crippen MR) is 150 cm³/mol. The third-order valence-corrected chi connectivity index (χ3v) is 8.73. The van der Waals surface area contributed by atoms with E-state index in [0.717, 1.165) is 74.2 Å². The zero-order chi connectivity index (χ0) is 27.8. The van der Waals surface area contributed by atoms with Crippen molar-refractivity contribution < 1.29 is 18.4 Å². The molecular weight excluding hydrogens is 514 g/mol. The van der Waals surface area contributed by atoms with E-state index in [1.807, 2.05) is 16.0 Å². The molecule has 3 aromatic rings. The van der Waals surface area contributed by atoms with Gasteiger partial charge in [-0.1, -0.05) is 6.07 Å². The number of nitrogens with zero attached hydrogens (tertiary/aromatic N) is 4. The normalized spacial score (nSPS) is 18.1. The van der Waals surface area contributed by atoms with Crippen molar-refractivity contribution in [3.63, 3.8) is 0 Å². The minimum Gasteiger partial charge on any atom is -0.341 e. The molecule has 2 aromatic carbocycles. The highest BCUT2D eigenvalue weighted by Gasteiger charge is 2.31. The molecule has 10 heteroatoms. The molecule has 0 bridgehead atoms. The van der Waals surface area contributed by atoms with Gasteiger partial charge in [0.1, 0.15) is 0 Å². The van der Waals surface area contributed by atoms with E-state index in [1.54, 1.807) is 32.6 Å². The largest absolute Gasteiger partial charge is 0.341 e. The van der Waals surface area contributed by atoms with Gasteiger partial charge in [-0.3, -0.25) is 5.10 Å². The van der Waals surface area contributed by atoms with Crippen LogP contribution in [0.1, 0.15) is 59.4 Å². The second kappa shape index (κ2) is 11.2. The first kappa shape index (κ1) is 26.7. The smallest absolute Gasteiger partial charge is 0.317 e. The first-order chi connectivity index (χ1) is 19.5. The fraction of sp³-hybridized carbons (Fsp3) is 0.467. The quantitative estimate of drug-likeness (QED) is 0.437. The van der Waals surface area contributed by atoms with Crippen molar-refractivity contribution in [2.75, 3.05) is 45.2 Å². The maximum Gasteiger partial charge on any atom is 0.317 e. The molecule has 3 aliphatic rings. The average molecular weight is 551 g/mol. The number of halogens is 2. The Balaban J connectivity index is 1.46. The summed E-state index contributed by atoms with van der Waals surface area (Å²) >= 11 is 0. The molecule has 0 saturated carbocycles. The van der Waals surface area contributed by atoms with Gasteiger partial charge in [-0.05, 0) is 84.0 Å². The second-order valence-electron chi connectivity index (χ2n) is 10.9. The number of H-pyrrole nitrogens is 1. The van der Waals surface area contributed by atoms with E-state index in [0.29, 0.717) is 30.1 Å². The van der Waals surface area contributed by atoms with Crippen molar-refractivity contribution in [1.82, 2.24) is 25.5 Å². The van der Waals surface area contributed by atoms with Gasteiger partial charge in [0.05, 0.1) is 13.3 Å². The molecule has 8 nitrogen and oxygen atoms in total. The summed E-state index contributed by atoms with van der Waals surface area (Å²) < 4.78 is 28.8. The number of piperidine rings is 1. The minimum absolute atomic E-state index is 0.0102. The first-order valence-electron chi connectivity index (χ1n) is 14.1. The molecule has 0 unspecified atom stereocenters. The van der Waals surface area contributed by atoms with Crippen LogP contribution in [0.2, 0.25) is 0 Å². The number of benzene rings is 2. The van der Waals surface area contributed by atoms with Gasteiger partial charge in [-0.15, -0.1) is 0 Å². The highest BCUT2D eigenvalue weighted by atomic mass is 19.3. The van der Waals surface area contributed by atoms with Gasteiger partial charge in [-0.25, -0.2) is 13.6 Å². The number of aromatic nitrogens is 2. The van der Waals surface area contributed by atoms with Gasteiger partial charge in [0.15, 0.2) is 0 Å². The molecule has 40 heavy (non-hydrogen) atoms. The number of alkyl halides is 2. The zero-order valence-corrected chi connectivity index (χ0v) is 23.1. The van der Waals surface area contributed by atoms with Crippen molar-refractivity contribution in [2.24, 2.45) is 0 Å². The van der Waals surface area contributed by atoms with Crippen LogP contribution in [-0.2, 0) is 24.2 Å². The van der Waals surface area contributed by atoms with Crippen LogP contribution in [0.5, 0.6) is 0 Å². The van der Waals surface area contributed by atoms with Crippen LogP contribution in [0.25, 0.3) is 11.1 Å². The van der Waals surface area contributed by atoms with Crippen LogP contribution in [0.3, 0.4) is 0 Å². The van der Waals surface area contributed by atoms with Crippen LogP contribution in [-0.4, -0.2) is 66.5 Å². The first-order valence-corrected chi connectivity index (χ1v) is 14.1. The fourth-order valence-corrected chi connectivity index (χ4v) is 6.58. The molecule has 212 valence electrons. The summed E-state index contributed by atoms with van der Waals surface area (Å²) in [5.41, 5.74) is 7.76. The third kappa shape index (κ3) is 4.94. The van der Waals surface area contributed by atoms with Crippen molar-refractivity contribution in [2.45, 2.75) is 51.0 Å². The lowest BCUT2D eigenvalue weighted by Crippen LogP contribution is -2.42. The Morgan fingerprint density at radius 1 is 1.07 bits per heavy atom. The van der Waals surface area contributed by atoms with Crippen molar-refractivity contribution in [1.29, 1.82) is 0 Å². The van der Waals surface area contributed by atoms with E-state index >= 15 is 0 Å². The lowest BCUT2D eigenvalue weighted by atomic mass is 9.85. The number of aromatic amines is 1. The molecule has 0 radical (unpaired) electrons. The number of fused-ring (bicyclic) bond motifs is 2. The summed E-state index contributed by atoms with van der Waals surface area (Å²) in [5.74, 6) is 0.400. The number of amides is 2. The van der Waals surface area contributed by atoms with Crippen LogP contribution in [0.4, 0.5) is 25.0 Å². The number of carbonyl (C=O) groups is 1. The minimum atomic E-state index is -2.62. The number of hydrogen-bond acceptors (Lipinski definition) is 5. The van der Waals surface area contributed by atoms with E-state index in [1.165, 1.54) is 11.1 Å². The van der Waals surface area contributed by atoms with Crippen molar-refractivity contribution >= 4 is 17.4 Å². The number of carbonyl (C=O) groups excluding carboxylic acids is 1. The summed E-state index contributed by atoms with van der Waals surface area (Å²) in [5, 5.41) is 11.5. The summed E-state index contributed by atoms with van der Waals surface area (Å²) in [7, 11) is 3.37. The Morgan fingerprint density at radius 3 is 2.60 bits per heavy atom. The molecule has 1 aromatic heterocycles. The monoisotopic (exact) mass is 550 g/mol. The zero-order valence-electron chi connectivity index (χ0n) is 23.1. The second-order valence-corrected chi connectivity index (χ2v) is 10.9. The van der Waals surface area contributed by atoms with Gasteiger partial charge >= 0.3 is 6.03 Å².